The van der Waals surface area contributed by atoms with Gasteiger partial charge in [0.25, 0.3) is 0 Å². The maximum atomic E-state index is 3.79. The van der Waals surface area contributed by atoms with Gasteiger partial charge in [0, 0.05) is 0 Å². The minimum absolute atomic E-state index is 0.622. The number of fused-ring (bicyclic) bond motifs is 1. The number of hydrogen-bond donors (Lipinski definition) is 0. The average Bonchev–Trinajstić information content (AvgIpc) is 2.28. The van der Waals surface area contributed by atoms with E-state index < -0.39 is 0 Å². The standard InChI is InChI=1S/C7H8N6/c1-2-4-6-12-10-8-9-11-13(12)7-5-3-1/h1-6H,7H2/b2-1?,5-3?,6-4+. The summed E-state index contributed by atoms with van der Waals surface area (Å²) in [6.45, 7) is 0.622. The summed E-state index contributed by atoms with van der Waals surface area (Å²) in [6.07, 6.45) is 11.3. The maximum Gasteiger partial charge on any atom is 0.0809 e. The summed E-state index contributed by atoms with van der Waals surface area (Å²) in [7, 11) is 0. The van der Waals surface area contributed by atoms with Crippen LogP contribution in [0.15, 0.2) is 57.5 Å². The van der Waals surface area contributed by atoms with Crippen molar-refractivity contribution in [3.05, 3.63) is 36.6 Å². The molecule has 0 aromatic rings. The van der Waals surface area contributed by atoms with Gasteiger partial charge in [-0.1, -0.05) is 24.3 Å². The second-order valence-electron chi connectivity index (χ2n) is 2.39. The van der Waals surface area contributed by atoms with Gasteiger partial charge in [-0.3, -0.25) is 0 Å². The van der Waals surface area contributed by atoms with Crippen molar-refractivity contribution in [3.8, 4) is 0 Å². The Morgan fingerprint density at radius 3 is 2.77 bits per heavy atom. The number of rotatable bonds is 0. The highest BCUT2D eigenvalue weighted by Gasteiger charge is 2.10. The zero-order valence-electron chi connectivity index (χ0n) is 6.85. The molecule has 13 heavy (non-hydrogen) atoms. The Morgan fingerprint density at radius 1 is 0.923 bits per heavy atom. The number of hydrogen-bond acceptors (Lipinski definition) is 6. The fourth-order valence-electron chi connectivity index (χ4n) is 0.926. The van der Waals surface area contributed by atoms with Gasteiger partial charge < -0.3 is 0 Å². The third kappa shape index (κ3) is 1.78. The fraction of sp³-hybridized carbons (Fsp3) is 0.143. The summed E-state index contributed by atoms with van der Waals surface area (Å²) in [5.41, 5.74) is 0. The van der Waals surface area contributed by atoms with Crippen LogP contribution in [0.2, 0.25) is 0 Å². The molecule has 0 radical (unpaired) electrons. The Balaban J connectivity index is 2.20. The van der Waals surface area contributed by atoms with E-state index in [0.717, 1.165) is 0 Å². The molecule has 0 N–H and O–H groups in total. The van der Waals surface area contributed by atoms with E-state index >= 15 is 0 Å². The fourth-order valence-corrected chi connectivity index (χ4v) is 0.926. The lowest BCUT2D eigenvalue weighted by Gasteiger charge is -2.23. The number of allylic oxidation sites excluding steroid dienone is 4. The predicted octanol–water partition coefficient (Wildman–Crippen LogP) is 1.81. The Kier molecular flexibility index (Phi) is 2.13. The molecule has 0 saturated heterocycles. The first-order chi connectivity index (χ1) is 6.47. The highest BCUT2D eigenvalue weighted by molar-refractivity contribution is 5.11. The van der Waals surface area contributed by atoms with Crippen LogP contribution in [0.4, 0.5) is 0 Å². The molecular weight excluding hydrogens is 168 g/mol. The van der Waals surface area contributed by atoms with Gasteiger partial charge in [0.1, 0.15) is 0 Å². The Bertz CT molecular complexity index is 313. The van der Waals surface area contributed by atoms with Crippen molar-refractivity contribution in [1.29, 1.82) is 0 Å². The van der Waals surface area contributed by atoms with Gasteiger partial charge in [0.05, 0.1) is 12.7 Å². The van der Waals surface area contributed by atoms with E-state index in [-0.39, 0.29) is 0 Å². The normalized spacial score (nSPS) is 22.2. The molecule has 0 aromatic carbocycles. The van der Waals surface area contributed by atoms with Gasteiger partial charge in [-0.15, -0.1) is 5.12 Å². The largest absolute Gasteiger partial charge is 0.159 e. The summed E-state index contributed by atoms with van der Waals surface area (Å²) < 4.78 is 0. The van der Waals surface area contributed by atoms with Crippen LogP contribution in [0.5, 0.6) is 0 Å². The molecule has 2 rings (SSSR count). The van der Waals surface area contributed by atoms with Gasteiger partial charge in [0.15, 0.2) is 0 Å². The third-order valence-corrected chi connectivity index (χ3v) is 1.51. The summed E-state index contributed by atoms with van der Waals surface area (Å²) in [5, 5.41) is 17.5. The maximum absolute atomic E-state index is 3.79. The van der Waals surface area contributed by atoms with E-state index in [0.29, 0.717) is 6.54 Å². The van der Waals surface area contributed by atoms with Crippen LogP contribution in [0.1, 0.15) is 0 Å². The van der Waals surface area contributed by atoms with Crippen LogP contribution < -0.4 is 0 Å². The Labute approximate surface area is 75.1 Å². The lowest BCUT2D eigenvalue weighted by molar-refractivity contribution is 0.00379. The molecule has 2 aliphatic rings. The molecule has 0 fully saturated rings. The molecule has 0 atom stereocenters. The van der Waals surface area contributed by atoms with Gasteiger partial charge in [0.2, 0.25) is 0 Å². The van der Waals surface area contributed by atoms with Crippen molar-refractivity contribution < 1.29 is 0 Å². The van der Waals surface area contributed by atoms with Gasteiger partial charge >= 0.3 is 0 Å². The molecule has 0 aromatic heterocycles. The minimum Gasteiger partial charge on any atom is -0.159 e. The van der Waals surface area contributed by atoms with Crippen LogP contribution in [0.25, 0.3) is 0 Å². The van der Waals surface area contributed by atoms with E-state index in [1.54, 1.807) is 11.3 Å². The molecule has 0 spiro atoms. The molecule has 0 bridgehead atoms. The smallest absolute Gasteiger partial charge is 0.0809 e. The second-order valence-corrected chi connectivity index (χ2v) is 2.39. The molecule has 6 heteroatoms. The molecule has 0 amide bonds. The molecule has 2 aliphatic heterocycles. The molecule has 0 saturated carbocycles. The minimum atomic E-state index is 0.622. The first-order valence-corrected chi connectivity index (χ1v) is 3.85. The van der Waals surface area contributed by atoms with Crippen molar-refractivity contribution >= 4 is 0 Å². The van der Waals surface area contributed by atoms with Crippen molar-refractivity contribution in [2.75, 3.05) is 6.54 Å². The van der Waals surface area contributed by atoms with Crippen molar-refractivity contribution in [2.24, 2.45) is 20.9 Å². The molecule has 66 valence electrons. The van der Waals surface area contributed by atoms with Crippen LogP contribution >= 0.6 is 0 Å². The Hall–Kier alpha value is -1.98. The van der Waals surface area contributed by atoms with Crippen molar-refractivity contribution in [1.82, 2.24) is 10.2 Å². The zero-order chi connectivity index (χ0) is 8.93. The molecule has 0 unspecified atom stereocenters. The summed E-state index contributed by atoms with van der Waals surface area (Å²) in [4.78, 5) is 0. The first-order valence-electron chi connectivity index (χ1n) is 3.85. The number of hydrazine groups is 1. The van der Waals surface area contributed by atoms with Crippen molar-refractivity contribution in [3.63, 3.8) is 0 Å². The summed E-state index contributed by atoms with van der Waals surface area (Å²) in [6, 6.07) is 0. The zero-order valence-corrected chi connectivity index (χ0v) is 6.85. The van der Waals surface area contributed by atoms with Gasteiger partial charge in [-0.05, 0) is 27.0 Å². The lowest BCUT2D eigenvalue weighted by Crippen LogP contribution is -2.31. The summed E-state index contributed by atoms with van der Waals surface area (Å²) in [5.74, 6) is 0. The number of nitrogens with zero attached hydrogens (tertiary/aromatic N) is 6. The van der Waals surface area contributed by atoms with E-state index in [1.165, 1.54) is 5.12 Å². The van der Waals surface area contributed by atoms with E-state index in [2.05, 4.69) is 20.9 Å². The van der Waals surface area contributed by atoms with Gasteiger partial charge in [-0.2, -0.15) is 5.12 Å². The molecule has 2 heterocycles. The molecular formula is C7H8N6. The molecule has 0 aliphatic carbocycles. The predicted molar refractivity (Wildman–Crippen MR) is 45.7 cm³/mol. The quantitative estimate of drug-likeness (QED) is 0.565. The second kappa shape index (κ2) is 3.61. The van der Waals surface area contributed by atoms with Crippen LogP contribution in [-0.4, -0.2) is 16.8 Å². The van der Waals surface area contributed by atoms with Crippen LogP contribution in [0.3, 0.4) is 0 Å². The van der Waals surface area contributed by atoms with Gasteiger partial charge in [-0.25, -0.2) is 0 Å². The monoisotopic (exact) mass is 176 g/mol. The van der Waals surface area contributed by atoms with E-state index in [9.17, 15) is 0 Å². The molecule has 6 nitrogen and oxygen atoms in total. The SMILES string of the molecule is C1=C/C=C/N2N=NN=NN2CC=C1. The average molecular weight is 176 g/mol. The lowest BCUT2D eigenvalue weighted by atomic mass is 10.4. The highest BCUT2D eigenvalue weighted by atomic mass is 16.0. The highest BCUT2D eigenvalue weighted by Crippen LogP contribution is 2.09. The van der Waals surface area contributed by atoms with E-state index in [1.807, 2.05) is 30.4 Å². The first kappa shape index (κ1) is 7.66. The van der Waals surface area contributed by atoms with E-state index in [4.69, 9.17) is 0 Å². The summed E-state index contributed by atoms with van der Waals surface area (Å²) >= 11 is 0. The van der Waals surface area contributed by atoms with Crippen molar-refractivity contribution in [2.45, 2.75) is 0 Å². The Morgan fingerprint density at radius 2 is 1.77 bits per heavy atom. The van der Waals surface area contributed by atoms with Crippen LogP contribution in [0, 0.1) is 0 Å². The van der Waals surface area contributed by atoms with Crippen LogP contribution in [-0.2, 0) is 0 Å². The third-order valence-electron chi connectivity index (χ3n) is 1.51. The topological polar surface area (TPSA) is 55.9 Å².